The van der Waals surface area contributed by atoms with Crippen LogP contribution in [0.15, 0.2) is 17.5 Å². The summed E-state index contributed by atoms with van der Waals surface area (Å²) in [5, 5.41) is 1.93. The van der Waals surface area contributed by atoms with Crippen molar-refractivity contribution in [2.24, 2.45) is 5.73 Å². The van der Waals surface area contributed by atoms with Crippen LogP contribution in [-0.4, -0.2) is 36.6 Å². The van der Waals surface area contributed by atoms with E-state index in [2.05, 4.69) is 0 Å². The number of thiophene rings is 1. The molecule has 1 aromatic rings. The maximum atomic E-state index is 12.1. The van der Waals surface area contributed by atoms with Crippen LogP contribution in [0.4, 0.5) is 0 Å². The molecule has 2 N–H and O–H groups in total. The molecule has 5 heteroatoms. The average molecular weight is 240 g/mol. The number of rotatable bonds is 2. The van der Waals surface area contributed by atoms with Crippen LogP contribution in [0.2, 0.25) is 0 Å². The summed E-state index contributed by atoms with van der Waals surface area (Å²) in [5.41, 5.74) is 5.94. The van der Waals surface area contributed by atoms with E-state index in [0.29, 0.717) is 19.7 Å². The van der Waals surface area contributed by atoms with Crippen molar-refractivity contribution in [1.82, 2.24) is 4.90 Å². The fourth-order valence-electron chi connectivity index (χ4n) is 1.81. The summed E-state index contributed by atoms with van der Waals surface area (Å²) in [7, 11) is 0. The lowest BCUT2D eigenvalue weighted by atomic mass is 10.2. The third kappa shape index (κ3) is 2.42. The van der Waals surface area contributed by atoms with Crippen molar-refractivity contribution >= 4 is 17.2 Å². The van der Waals surface area contributed by atoms with Crippen molar-refractivity contribution in [2.45, 2.75) is 19.1 Å². The SMILES string of the molecule is CC1CN(C(=O)C(N)c2cccs2)CCO1. The van der Waals surface area contributed by atoms with Crippen molar-refractivity contribution < 1.29 is 9.53 Å². The molecule has 16 heavy (non-hydrogen) atoms. The zero-order chi connectivity index (χ0) is 11.5. The van der Waals surface area contributed by atoms with Crippen LogP contribution >= 0.6 is 11.3 Å². The molecule has 2 heterocycles. The highest BCUT2D eigenvalue weighted by Crippen LogP contribution is 2.19. The molecule has 2 atom stereocenters. The van der Waals surface area contributed by atoms with Crippen LogP contribution in [0.3, 0.4) is 0 Å². The predicted molar refractivity (Wildman–Crippen MR) is 63.2 cm³/mol. The summed E-state index contributed by atoms with van der Waals surface area (Å²) in [6.07, 6.45) is 0.105. The van der Waals surface area contributed by atoms with Gasteiger partial charge in [-0.1, -0.05) is 6.07 Å². The summed E-state index contributed by atoms with van der Waals surface area (Å²) < 4.78 is 5.40. The number of morpholine rings is 1. The van der Waals surface area contributed by atoms with Crippen molar-refractivity contribution in [3.05, 3.63) is 22.4 Å². The molecule has 1 amide bonds. The lowest BCUT2D eigenvalue weighted by molar-refractivity contribution is -0.139. The second-order valence-corrected chi connectivity index (χ2v) is 4.94. The number of nitrogens with zero attached hydrogens (tertiary/aromatic N) is 1. The summed E-state index contributed by atoms with van der Waals surface area (Å²) in [6.45, 7) is 3.85. The first-order valence-corrected chi connectivity index (χ1v) is 6.26. The third-order valence-corrected chi connectivity index (χ3v) is 3.62. The Morgan fingerprint density at radius 3 is 3.19 bits per heavy atom. The zero-order valence-electron chi connectivity index (χ0n) is 9.26. The molecule has 0 aromatic carbocycles. The molecular weight excluding hydrogens is 224 g/mol. The van der Waals surface area contributed by atoms with Gasteiger partial charge in [-0.15, -0.1) is 11.3 Å². The lowest BCUT2D eigenvalue weighted by Crippen LogP contribution is -2.47. The number of amides is 1. The predicted octanol–water partition coefficient (Wildman–Crippen LogP) is 0.995. The van der Waals surface area contributed by atoms with Crippen LogP contribution in [0.1, 0.15) is 17.8 Å². The van der Waals surface area contributed by atoms with Gasteiger partial charge in [-0.25, -0.2) is 0 Å². The number of hydrogen-bond donors (Lipinski definition) is 1. The van der Waals surface area contributed by atoms with Gasteiger partial charge in [0.15, 0.2) is 0 Å². The fourth-order valence-corrected chi connectivity index (χ4v) is 2.52. The summed E-state index contributed by atoms with van der Waals surface area (Å²) in [6, 6.07) is 3.29. The molecule has 1 aliphatic heterocycles. The number of carbonyl (C=O) groups is 1. The molecule has 0 radical (unpaired) electrons. The molecular formula is C11H16N2O2S. The van der Waals surface area contributed by atoms with E-state index in [-0.39, 0.29) is 12.0 Å². The third-order valence-electron chi connectivity index (χ3n) is 2.67. The van der Waals surface area contributed by atoms with Crippen LogP contribution in [-0.2, 0) is 9.53 Å². The van der Waals surface area contributed by atoms with Gasteiger partial charge in [-0.2, -0.15) is 0 Å². The zero-order valence-corrected chi connectivity index (χ0v) is 10.1. The minimum absolute atomic E-state index is 0.00222. The first kappa shape index (κ1) is 11.6. The first-order valence-electron chi connectivity index (χ1n) is 5.38. The highest BCUT2D eigenvalue weighted by atomic mass is 32.1. The second-order valence-electron chi connectivity index (χ2n) is 3.96. The van der Waals surface area contributed by atoms with E-state index >= 15 is 0 Å². The van der Waals surface area contributed by atoms with Crippen molar-refractivity contribution in [2.75, 3.05) is 19.7 Å². The Bertz CT molecular complexity index is 353. The molecule has 88 valence electrons. The average Bonchev–Trinajstić information content (AvgIpc) is 2.80. The van der Waals surface area contributed by atoms with E-state index < -0.39 is 6.04 Å². The minimum Gasteiger partial charge on any atom is -0.375 e. The Labute approximate surface area is 99.0 Å². The molecule has 0 aliphatic carbocycles. The highest BCUT2D eigenvalue weighted by Gasteiger charge is 2.26. The van der Waals surface area contributed by atoms with Gasteiger partial charge in [-0.05, 0) is 18.4 Å². The van der Waals surface area contributed by atoms with E-state index in [9.17, 15) is 4.79 Å². The van der Waals surface area contributed by atoms with E-state index in [1.807, 2.05) is 24.4 Å². The van der Waals surface area contributed by atoms with E-state index in [4.69, 9.17) is 10.5 Å². The van der Waals surface area contributed by atoms with Crippen molar-refractivity contribution in [1.29, 1.82) is 0 Å². The molecule has 0 saturated carbocycles. The van der Waals surface area contributed by atoms with Crippen LogP contribution < -0.4 is 5.73 Å². The molecule has 1 aliphatic rings. The van der Waals surface area contributed by atoms with Gasteiger partial charge >= 0.3 is 0 Å². The summed E-state index contributed by atoms with van der Waals surface area (Å²) >= 11 is 1.52. The molecule has 2 unspecified atom stereocenters. The van der Waals surface area contributed by atoms with Crippen molar-refractivity contribution in [3.63, 3.8) is 0 Å². The maximum absolute atomic E-state index is 12.1. The van der Waals surface area contributed by atoms with E-state index in [0.717, 1.165) is 4.88 Å². The van der Waals surface area contributed by atoms with Crippen LogP contribution in [0.25, 0.3) is 0 Å². The fraction of sp³-hybridized carbons (Fsp3) is 0.545. The largest absolute Gasteiger partial charge is 0.375 e. The van der Waals surface area contributed by atoms with Gasteiger partial charge < -0.3 is 15.4 Å². The highest BCUT2D eigenvalue weighted by molar-refractivity contribution is 7.10. The van der Waals surface area contributed by atoms with E-state index in [1.165, 1.54) is 11.3 Å². The molecule has 1 fully saturated rings. The Hall–Kier alpha value is -0.910. The second kappa shape index (κ2) is 4.95. The lowest BCUT2D eigenvalue weighted by Gasteiger charge is -2.32. The Morgan fingerprint density at radius 1 is 1.75 bits per heavy atom. The molecule has 1 saturated heterocycles. The molecule has 2 rings (SSSR count). The Balaban J connectivity index is 2.01. The minimum atomic E-state index is -0.523. The quantitative estimate of drug-likeness (QED) is 0.839. The number of ether oxygens (including phenoxy) is 1. The topological polar surface area (TPSA) is 55.6 Å². The normalized spacial score (nSPS) is 23.1. The summed E-state index contributed by atoms with van der Waals surface area (Å²) in [5.74, 6) is -0.00222. The number of carbonyl (C=O) groups excluding carboxylic acids is 1. The smallest absolute Gasteiger partial charge is 0.245 e. The Kier molecular flexibility index (Phi) is 3.58. The van der Waals surface area contributed by atoms with E-state index in [1.54, 1.807) is 4.90 Å². The standard InChI is InChI=1S/C11H16N2O2S/c1-8-7-13(4-5-15-8)11(14)10(12)9-3-2-6-16-9/h2-3,6,8,10H,4-5,7,12H2,1H3. The van der Waals surface area contributed by atoms with Crippen LogP contribution in [0, 0.1) is 0 Å². The molecule has 0 bridgehead atoms. The van der Waals surface area contributed by atoms with Gasteiger partial charge in [0.25, 0.3) is 0 Å². The monoisotopic (exact) mass is 240 g/mol. The van der Waals surface area contributed by atoms with Gasteiger partial charge in [0.1, 0.15) is 6.04 Å². The summed E-state index contributed by atoms with van der Waals surface area (Å²) in [4.78, 5) is 14.8. The molecule has 1 aromatic heterocycles. The Morgan fingerprint density at radius 2 is 2.56 bits per heavy atom. The maximum Gasteiger partial charge on any atom is 0.245 e. The van der Waals surface area contributed by atoms with Gasteiger partial charge in [-0.3, -0.25) is 4.79 Å². The van der Waals surface area contributed by atoms with Crippen LogP contribution in [0.5, 0.6) is 0 Å². The van der Waals surface area contributed by atoms with Crippen molar-refractivity contribution in [3.8, 4) is 0 Å². The number of hydrogen-bond acceptors (Lipinski definition) is 4. The first-order chi connectivity index (χ1) is 7.68. The van der Waals surface area contributed by atoms with Gasteiger partial charge in [0.05, 0.1) is 12.7 Å². The molecule has 4 nitrogen and oxygen atoms in total. The molecule has 0 spiro atoms. The van der Waals surface area contributed by atoms with Gasteiger partial charge in [0.2, 0.25) is 5.91 Å². The number of nitrogens with two attached hydrogens (primary N) is 1. The van der Waals surface area contributed by atoms with Gasteiger partial charge in [0, 0.05) is 18.0 Å².